The fourth-order valence-electron chi connectivity index (χ4n) is 1.66. The van der Waals surface area contributed by atoms with Crippen LogP contribution in [0.15, 0.2) is 24.3 Å². The quantitative estimate of drug-likeness (QED) is 0.863. The Morgan fingerprint density at radius 2 is 2.25 bits per heavy atom. The van der Waals surface area contributed by atoms with Gasteiger partial charge in [0, 0.05) is 19.6 Å². The molecule has 3 nitrogen and oxygen atoms in total. The molecule has 0 radical (unpaired) electrons. The van der Waals surface area contributed by atoms with E-state index in [4.69, 9.17) is 4.74 Å². The molecular formula is C12H16N2OS. The van der Waals surface area contributed by atoms with Gasteiger partial charge in [-0.05, 0) is 19.2 Å². The van der Waals surface area contributed by atoms with Crippen LogP contribution < -0.4 is 5.32 Å². The average Bonchev–Trinajstić information content (AvgIpc) is 2.70. The van der Waals surface area contributed by atoms with Gasteiger partial charge in [-0.25, -0.2) is 4.98 Å². The summed E-state index contributed by atoms with van der Waals surface area (Å²) in [6.07, 6.45) is 0.920. The predicted molar refractivity (Wildman–Crippen MR) is 68.0 cm³/mol. The largest absolute Gasteiger partial charge is 0.383 e. The van der Waals surface area contributed by atoms with Crippen LogP contribution in [0.2, 0.25) is 0 Å². The van der Waals surface area contributed by atoms with Crippen molar-refractivity contribution in [2.45, 2.75) is 12.5 Å². The first-order valence-electron chi connectivity index (χ1n) is 5.34. The Kier molecular flexibility index (Phi) is 3.88. The Balaban J connectivity index is 2.14. The van der Waals surface area contributed by atoms with Gasteiger partial charge in [0.15, 0.2) is 0 Å². The van der Waals surface area contributed by atoms with Gasteiger partial charge in [-0.3, -0.25) is 0 Å². The second-order valence-electron chi connectivity index (χ2n) is 3.72. The molecule has 16 heavy (non-hydrogen) atoms. The topological polar surface area (TPSA) is 34.1 Å². The Labute approximate surface area is 99.5 Å². The summed E-state index contributed by atoms with van der Waals surface area (Å²) in [6, 6.07) is 8.58. The van der Waals surface area contributed by atoms with Crippen LogP contribution in [0, 0.1) is 0 Å². The third kappa shape index (κ3) is 2.58. The van der Waals surface area contributed by atoms with Gasteiger partial charge in [-0.2, -0.15) is 0 Å². The van der Waals surface area contributed by atoms with Gasteiger partial charge >= 0.3 is 0 Å². The van der Waals surface area contributed by atoms with Crippen molar-refractivity contribution in [3.05, 3.63) is 29.3 Å². The molecule has 0 aliphatic carbocycles. The van der Waals surface area contributed by atoms with Gasteiger partial charge in [-0.15, -0.1) is 11.3 Å². The molecule has 2 aromatic rings. The van der Waals surface area contributed by atoms with Crippen molar-refractivity contribution in [3.8, 4) is 0 Å². The van der Waals surface area contributed by atoms with Gasteiger partial charge < -0.3 is 10.1 Å². The van der Waals surface area contributed by atoms with E-state index in [1.165, 1.54) is 4.70 Å². The minimum absolute atomic E-state index is 0.338. The molecule has 0 aliphatic heterocycles. The Bertz CT molecular complexity index is 422. The van der Waals surface area contributed by atoms with Crippen molar-refractivity contribution >= 4 is 21.6 Å². The lowest BCUT2D eigenvalue weighted by Crippen LogP contribution is -2.31. The number of benzene rings is 1. The summed E-state index contributed by atoms with van der Waals surface area (Å²) < 4.78 is 6.41. The summed E-state index contributed by atoms with van der Waals surface area (Å²) in [6.45, 7) is 0.715. The van der Waals surface area contributed by atoms with E-state index in [9.17, 15) is 0 Å². The molecular weight excluding hydrogens is 220 g/mol. The second kappa shape index (κ2) is 5.39. The second-order valence-corrected chi connectivity index (χ2v) is 4.84. The summed E-state index contributed by atoms with van der Waals surface area (Å²) in [5.41, 5.74) is 1.09. The molecule has 86 valence electrons. The standard InChI is InChI=1S/C12H16N2OS/c1-13-9(8-15-2)7-12-14-10-5-3-4-6-11(10)16-12/h3-6,9,13H,7-8H2,1-2H3. The molecule has 0 saturated heterocycles. The number of rotatable bonds is 5. The monoisotopic (exact) mass is 236 g/mol. The van der Waals surface area contributed by atoms with E-state index in [1.807, 2.05) is 13.1 Å². The minimum atomic E-state index is 0.338. The predicted octanol–water partition coefficient (Wildman–Crippen LogP) is 2.07. The van der Waals surface area contributed by atoms with Crippen LogP contribution in [0.4, 0.5) is 0 Å². The molecule has 0 aliphatic rings. The number of thiazole rings is 1. The van der Waals surface area contributed by atoms with Crippen molar-refractivity contribution in [3.63, 3.8) is 0 Å². The Morgan fingerprint density at radius 1 is 1.44 bits per heavy atom. The molecule has 1 heterocycles. The van der Waals surface area contributed by atoms with Gasteiger partial charge in [0.2, 0.25) is 0 Å². The summed E-state index contributed by atoms with van der Waals surface area (Å²) in [5.74, 6) is 0. The van der Waals surface area contributed by atoms with E-state index < -0.39 is 0 Å². The molecule has 0 amide bonds. The van der Waals surface area contributed by atoms with E-state index in [-0.39, 0.29) is 0 Å². The number of ether oxygens (including phenoxy) is 1. The highest BCUT2D eigenvalue weighted by Crippen LogP contribution is 2.22. The van der Waals surface area contributed by atoms with Crippen molar-refractivity contribution < 1.29 is 4.74 Å². The van der Waals surface area contributed by atoms with E-state index in [0.29, 0.717) is 12.6 Å². The summed E-state index contributed by atoms with van der Waals surface area (Å²) in [4.78, 5) is 4.61. The molecule has 1 atom stereocenters. The van der Waals surface area contributed by atoms with E-state index in [0.717, 1.165) is 16.9 Å². The maximum Gasteiger partial charge on any atom is 0.0955 e. The van der Waals surface area contributed by atoms with Crippen LogP contribution in [0.1, 0.15) is 5.01 Å². The van der Waals surface area contributed by atoms with Crippen LogP contribution in [0.25, 0.3) is 10.2 Å². The molecule has 0 fully saturated rings. The van der Waals surface area contributed by atoms with E-state index >= 15 is 0 Å². The molecule has 1 aromatic heterocycles. The maximum atomic E-state index is 5.16. The van der Waals surface area contributed by atoms with Crippen LogP contribution in [-0.4, -0.2) is 31.8 Å². The molecule has 1 unspecified atom stereocenters. The normalized spacial score (nSPS) is 13.1. The molecule has 1 N–H and O–H groups in total. The molecule has 2 rings (SSSR count). The minimum Gasteiger partial charge on any atom is -0.383 e. The first-order valence-corrected chi connectivity index (χ1v) is 6.15. The zero-order chi connectivity index (χ0) is 11.4. The number of fused-ring (bicyclic) bond motifs is 1. The summed E-state index contributed by atoms with van der Waals surface area (Å²) in [5, 5.41) is 4.40. The van der Waals surface area contributed by atoms with E-state index in [1.54, 1.807) is 18.4 Å². The number of para-hydroxylation sites is 1. The number of methoxy groups -OCH3 is 1. The van der Waals surface area contributed by atoms with Crippen molar-refractivity contribution in [2.24, 2.45) is 0 Å². The Hall–Kier alpha value is -0.970. The van der Waals surface area contributed by atoms with Crippen molar-refractivity contribution in [1.29, 1.82) is 0 Å². The zero-order valence-electron chi connectivity index (χ0n) is 9.56. The zero-order valence-corrected chi connectivity index (χ0v) is 10.4. The van der Waals surface area contributed by atoms with Crippen molar-refractivity contribution in [2.75, 3.05) is 20.8 Å². The number of hydrogen-bond acceptors (Lipinski definition) is 4. The number of aromatic nitrogens is 1. The molecule has 0 spiro atoms. The lowest BCUT2D eigenvalue weighted by atomic mass is 10.2. The maximum absolute atomic E-state index is 5.16. The fraction of sp³-hybridized carbons (Fsp3) is 0.417. The van der Waals surface area contributed by atoms with Gasteiger partial charge in [0.1, 0.15) is 0 Å². The highest BCUT2D eigenvalue weighted by molar-refractivity contribution is 7.18. The molecule has 4 heteroatoms. The SMILES string of the molecule is CNC(COC)Cc1nc2ccccc2s1. The smallest absolute Gasteiger partial charge is 0.0955 e. The highest BCUT2D eigenvalue weighted by atomic mass is 32.1. The van der Waals surface area contributed by atoms with Gasteiger partial charge in [0.25, 0.3) is 0 Å². The van der Waals surface area contributed by atoms with Crippen LogP contribution in [0.5, 0.6) is 0 Å². The summed E-state index contributed by atoms with van der Waals surface area (Å²) in [7, 11) is 3.68. The lowest BCUT2D eigenvalue weighted by molar-refractivity contribution is 0.169. The Morgan fingerprint density at radius 3 is 2.94 bits per heavy atom. The molecule has 0 bridgehead atoms. The number of nitrogens with zero attached hydrogens (tertiary/aromatic N) is 1. The third-order valence-electron chi connectivity index (χ3n) is 2.54. The third-order valence-corrected chi connectivity index (χ3v) is 3.59. The van der Waals surface area contributed by atoms with Crippen LogP contribution in [0.3, 0.4) is 0 Å². The van der Waals surface area contributed by atoms with Crippen LogP contribution in [-0.2, 0) is 11.2 Å². The van der Waals surface area contributed by atoms with Gasteiger partial charge in [0.05, 0.1) is 21.8 Å². The van der Waals surface area contributed by atoms with Crippen LogP contribution >= 0.6 is 11.3 Å². The highest BCUT2D eigenvalue weighted by Gasteiger charge is 2.10. The van der Waals surface area contributed by atoms with Crippen molar-refractivity contribution in [1.82, 2.24) is 10.3 Å². The first kappa shape index (κ1) is 11.5. The van der Waals surface area contributed by atoms with Gasteiger partial charge in [-0.1, -0.05) is 12.1 Å². The molecule has 0 saturated carbocycles. The molecule has 1 aromatic carbocycles. The average molecular weight is 236 g/mol. The van der Waals surface area contributed by atoms with E-state index in [2.05, 4.69) is 28.5 Å². The first-order chi connectivity index (χ1) is 7.83. The lowest BCUT2D eigenvalue weighted by Gasteiger charge is -2.12. The summed E-state index contributed by atoms with van der Waals surface area (Å²) >= 11 is 1.76. The number of hydrogen-bond donors (Lipinski definition) is 1. The fourth-order valence-corrected chi connectivity index (χ4v) is 2.71. The number of nitrogens with one attached hydrogen (secondary N) is 1. The number of likely N-dealkylation sites (N-methyl/N-ethyl adjacent to an activating group) is 1.